The predicted octanol–water partition coefficient (Wildman–Crippen LogP) is 1.52. The number of aryl methyl sites for hydroxylation is 2. The minimum Gasteiger partial charge on any atom is -0.344 e. The molecule has 17 heavy (non-hydrogen) atoms. The Labute approximate surface area is 100 Å². The molecule has 1 aromatic carbocycles. The van der Waals surface area contributed by atoms with Crippen LogP contribution in [0.15, 0.2) is 18.2 Å². The molecule has 1 aliphatic rings. The van der Waals surface area contributed by atoms with Crippen LogP contribution in [0, 0.1) is 13.8 Å². The van der Waals surface area contributed by atoms with Gasteiger partial charge in [-0.3, -0.25) is 9.59 Å². The lowest BCUT2D eigenvalue weighted by atomic mass is 10.1. The van der Waals surface area contributed by atoms with Crippen molar-refractivity contribution in [3.05, 3.63) is 29.3 Å². The van der Waals surface area contributed by atoms with Gasteiger partial charge in [-0.25, -0.2) is 0 Å². The lowest BCUT2D eigenvalue weighted by molar-refractivity contribution is -0.122. The number of hydrogen-bond donors (Lipinski definition) is 2. The largest absolute Gasteiger partial charge is 0.344 e. The van der Waals surface area contributed by atoms with Crippen LogP contribution < -0.4 is 10.6 Å². The summed E-state index contributed by atoms with van der Waals surface area (Å²) in [5, 5.41) is 5.50. The summed E-state index contributed by atoms with van der Waals surface area (Å²) in [6.45, 7) is 3.96. The first kappa shape index (κ1) is 11.6. The number of carbonyl (C=O) groups excluding carboxylic acids is 2. The quantitative estimate of drug-likeness (QED) is 0.812. The van der Waals surface area contributed by atoms with Crippen molar-refractivity contribution in [3.63, 3.8) is 0 Å². The van der Waals surface area contributed by atoms with Gasteiger partial charge in [-0.05, 0) is 31.9 Å². The minimum absolute atomic E-state index is 0.0502. The molecule has 1 saturated heterocycles. The van der Waals surface area contributed by atoms with Crippen LogP contribution in [0.4, 0.5) is 5.69 Å². The van der Waals surface area contributed by atoms with Crippen molar-refractivity contribution in [1.82, 2.24) is 5.32 Å². The second kappa shape index (κ2) is 4.57. The van der Waals surface area contributed by atoms with E-state index in [1.54, 1.807) is 0 Å². The molecule has 1 aromatic rings. The van der Waals surface area contributed by atoms with Gasteiger partial charge in [-0.1, -0.05) is 17.7 Å². The van der Waals surface area contributed by atoms with Crippen molar-refractivity contribution in [1.29, 1.82) is 0 Å². The zero-order valence-corrected chi connectivity index (χ0v) is 10.0. The molecular formula is C13H16N2O2. The van der Waals surface area contributed by atoms with Crippen LogP contribution in [-0.4, -0.2) is 17.9 Å². The zero-order chi connectivity index (χ0) is 12.4. The maximum absolute atomic E-state index is 11.9. The summed E-state index contributed by atoms with van der Waals surface area (Å²) in [5.41, 5.74) is 3.00. The number of benzene rings is 1. The summed E-state index contributed by atoms with van der Waals surface area (Å²) >= 11 is 0. The summed E-state index contributed by atoms with van der Waals surface area (Å²) in [7, 11) is 0. The van der Waals surface area contributed by atoms with Gasteiger partial charge in [-0.2, -0.15) is 0 Å². The molecule has 0 aromatic heterocycles. The summed E-state index contributed by atoms with van der Waals surface area (Å²) in [5.74, 6) is -0.186. The predicted molar refractivity (Wildman–Crippen MR) is 65.7 cm³/mol. The van der Waals surface area contributed by atoms with E-state index in [0.29, 0.717) is 12.8 Å². The van der Waals surface area contributed by atoms with Gasteiger partial charge >= 0.3 is 0 Å². The van der Waals surface area contributed by atoms with Crippen LogP contribution in [0.1, 0.15) is 24.0 Å². The van der Waals surface area contributed by atoms with E-state index >= 15 is 0 Å². The van der Waals surface area contributed by atoms with Crippen molar-refractivity contribution >= 4 is 17.5 Å². The number of carbonyl (C=O) groups is 2. The fraction of sp³-hybridized carbons (Fsp3) is 0.385. The van der Waals surface area contributed by atoms with E-state index in [-0.39, 0.29) is 17.9 Å². The molecule has 90 valence electrons. The average molecular weight is 232 g/mol. The fourth-order valence-corrected chi connectivity index (χ4v) is 1.98. The molecule has 1 heterocycles. The molecule has 0 aliphatic carbocycles. The van der Waals surface area contributed by atoms with Crippen molar-refractivity contribution in [2.75, 3.05) is 5.32 Å². The van der Waals surface area contributed by atoms with Gasteiger partial charge in [0.05, 0.1) is 0 Å². The van der Waals surface area contributed by atoms with Crippen molar-refractivity contribution in [2.45, 2.75) is 32.7 Å². The van der Waals surface area contributed by atoms with Crippen LogP contribution in [0.5, 0.6) is 0 Å². The van der Waals surface area contributed by atoms with Gasteiger partial charge in [0.1, 0.15) is 6.04 Å². The third-order valence-corrected chi connectivity index (χ3v) is 2.95. The highest BCUT2D eigenvalue weighted by Crippen LogP contribution is 2.17. The van der Waals surface area contributed by atoms with Gasteiger partial charge in [0.25, 0.3) is 0 Å². The van der Waals surface area contributed by atoms with Crippen LogP contribution >= 0.6 is 0 Å². The summed E-state index contributed by atoms with van der Waals surface area (Å²) in [6, 6.07) is 5.47. The van der Waals surface area contributed by atoms with Crippen molar-refractivity contribution in [3.8, 4) is 0 Å². The van der Waals surface area contributed by atoms with E-state index in [1.165, 1.54) is 0 Å². The molecule has 1 fully saturated rings. The van der Waals surface area contributed by atoms with Crippen LogP contribution in [0.25, 0.3) is 0 Å². The smallest absolute Gasteiger partial charge is 0.246 e. The summed E-state index contributed by atoms with van der Waals surface area (Å²) < 4.78 is 0. The molecule has 0 saturated carbocycles. The normalized spacial score (nSPS) is 18.9. The molecule has 2 rings (SSSR count). The van der Waals surface area contributed by atoms with Gasteiger partial charge in [0.15, 0.2) is 0 Å². The first-order valence-electron chi connectivity index (χ1n) is 5.74. The Balaban J connectivity index is 2.05. The number of hydrogen-bond acceptors (Lipinski definition) is 2. The molecule has 0 spiro atoms. The molecule has 2 amide bonds. The average Bonchev–Trinajstić information content (AvgIpc) is 2.69. The Morgan fingerprint density at radius 3 is 2.76 bits per heavy atom. The highest BCUT2D eigenvalue weighted by Gasteiger charge is 2.27. The summed E-state index contributed by atoms with van der Waals surface area (Å²) in [6.07, 6.45) is 1.01. The van der Waals surface area contributed by atoms with Gasteiger partial charge in [0.2, 0.25) is 11.8 Å². The molecule has 2 N–H and O–H groups in total. The Morgan fingerprint density at radius 2 is 2.18 bits per heavy atom. The monoisotopic (exact) mass is 232 g/mol. The molecule has 0 bridgehead atoms. The molecule has 1 atom stereocenters. The van der Waals surface area contributed by atoms with Gasteiger partial charge in [0, 0.05) is 12.1 Å². The van der Waals surface area contributed by atoms with Crippen LogP contribution in [0.3, 0.4) is 0 Å². The molecular weight excluding hydrogens is 216 g/mol. The van der Waals surface area contributed by atoms with Crippen molar-refractivity contribution in [2.24, 2.45) is 0 Å². The fourth-order valence-electron chi connectivity index (χ4n) is 1.98. The standard InChI is InChI=1S/C13H16N2O2/c1-8-3-4-10(9(2)7-8)15-13(17)11-5-6-12(16)14-11/h3-4,7,11H,5-6H2,1-2H3,(H,14,16)(H,15,17)/t11-/m1/s1. The highest BCUT2D eigenvalue weighted by molar-refractivity contribution is 5.99. The second-order valence-electron chi connectivity index (χ2n) is 4.47. The maximum atomic E-state index is 11.9. The maximum Gasteiger partial charge on any atom is 0.246 e. The number of nitrogens with one attached hydrogen (secondary N) is 2. The van der Waals surface area contributed by atoms with Crippen LogP contribution in [-0.2, 0) is 9.59 Å². The second-order valence-corrected chi connectivity index (χ2v) is 4.47. The highest BCUT2D eigenvalue weighted by atomic mass is 16.2. The Bertz CT molecular complexity index is 468. The number of anilines is 1. The van der Waals surface area contributed by atoms with E-state index in [0.717, 1.165) is 16.8 Å². The topological polar surface area (TPSA) is 58.2 Å². The van der Waals surface area contributed by atoms with E-state index in [4.69, 9.17) is 0 Å². The molecule has 4 heteroatoms. The van der Waals surface area contributed by atoms with Crippen molar-refractivity contribution < 1.29 is 9.59 Å². The Kier molecular flexibility index (Phi) is 3.13. The first-order chi connectivity index (χ1) is 8.06. The lowest BCUT2D eigenvalue weighted by Gasteiger charge is -2.13. The Morgan fingerprint density at radius 1 is 1.41 bits per heavy atom. The van der Waals surface area contributed by atoms with E-state index in [2.05, 4.69) is 10.6 Å². The summed E-state index contributed by atoms with van der Waals surface area (Å²) in [4.78, 5) is 22.9. The van der Waals surface area contributed by atoms with Crippen LogP contribution in [0.2, 0.25) is 0 Å². The number of amides is 2. The molecule has 0 unspecified atom stereocenters. The molecule has 0 radical (unpaired) electrons. The molecule has 4 nitrogen and oxygen atoms in total. The minimum atomic E-state index is -0.386. The Hall–Kier alpha value is -1.84. The first-order valence-corrected chi connectivity index (χ1v) is 5.74. The zero-order valence-electron chi connectivity index (χ0n) is 10.0. The van der Waals surface area contributed by atoms with E-state index in [9.17, 15) is 9.59 Å². The third-order valence-electron chi connectivity index (χ3n) is 2.95. The van der Waals surface area contributed by atoms with Gasteiger partial charge < -0.3 is 10.6 Å². The van der Waals surface area contributed by atoms with E-state index in [1.807, 2.05) is 32.0 Å². The molecule has 1 aliphatic heterocycles. The van der Waals surface area contributed by atoms with E-state index < -0.39 is 0 Å². The lowest BCUT2D eigenvalue weighted by Crippen LogP contribution is -2.37. The van der Waals surface area contributed by atoms with Gasteiger partial charge in [-0.15, -0.1) is 0 Å². The SMILES string of the molecule is Cc1ccc(NC(=O)[C@H]2CCC(=O)N2)c(C)c1. The third kappa shape index (κ3) is 2.64. The number of rotatable bonds is 2.